The van der Waals surface area contributed by atoms with E-state index in [0.717, 1.165) is 11.3 Å². The maximum Gasteiger partial charge on any atom is 0.351 e. The molecular formula is C16H18N4O4S. The number of pyridine rings is 1. The van der Waals surface area contributed by atoms with E-state index in [2.05, 4.69) is 9.97 Å². The van der Waals surface area contributed by atoms with Crippen LogP contribution in [0.2, 0.25) is 0 Å². The minimum Gasteiger partial charge on any atom is -0.448 e. The Morgan fingerprint density at radius 1 is 1.28 bits per heavy atom. The lowest BCUT2D eigenvalue weighted by molar-refractivity contribution is -0.130. The fourth-order valence-electron chi connectivity index (χ4n) is 2.04. The molecule has 0 radical (unpaired) electrons. The lowest BCUT2D eigenvalue weighted by Crippen LogP contribution is -2.45. The number of aryl methyl sites for hydroxylation is 1. The predicted octanol–water partition coefficient (Wildman–Crippen LogP) is 1.89. The number of ether oxygens (including phenoxy) is 1. The van der Waals surface area contributed by atoms with E-state index in [1.54, 1.807) is 39.1 Å². The first kappa shape index (κ1) is 18.5. The number of nitrogens with two attached hydrogens (primary N) is 1. The molecule has 25 heavy (non-hydrogen) atoms. The van der Waals surface area contributed by atoms with E-state index in [4.69, 9.17) is 10.5 Å². The van der Waals surface area contributed by atoms with Crippen molar-refractivity contribution in [2.45, 2.75) is 26.9 Å². The fourth-order valence-corrected chi connectivity index (χ4v) is 2.96. The van der Waals surface area contributed by atoms with Gasteiger partial charge in [-0.05, 0) is 25.0 Å². The average Bonchev–Trinajstić information content (AvgIpc) is 2.94. The number of hydrogen-bond donors (Lipinski definition) is 2. The van der Waals surface area contributed by atoms with Crippen molar-refractivity contribution in [2.75, 3.05) is 0 Å². The minimum atomic E-state index is -1.14. The Morgan fingerprint density at radius 2 is 2.00 bits per heavy atom. The zero-order valence-electron chi connectivity index (χ0n) is 14.0. The Morgan fingerprint density at radius 3 is 2.56 bits per heavy atom. The summed E-state index contributed by atoms with van der Waals surface area (Å²) in [7, 11) is 0. The number of primary amides is 1. The molecule has 0 aliphatic heterocycles. The molecule has 0 aliphatic rings. The predicted molar refractivity (Wildman–Crippen MR) is 91.8 cm³/mol. The maximum absolute atomic E-state index is 12.4. The van der Waals surface area contributed by atoms with Crippen molar-refractivity contribution in [3.8, 4) is 10.7 Å². The number of thiazole rings is 1. The summed E-state index contributed by atoms with van der Waals surface area (Å²) in [6.07, 6.45) is 0.493. The second-order valence-electron chi connectivity index (χ2n) is 5.57. The quantitative estimate of drug-likeness (QED) is 0.783. The number of nitrogens with zero attached hydrogens (tertiary/aromatic N) is 2. The number of urea groups is 1. The summed E-state index contributed by atoms with van der Waals surface area (Å²) in [4.78, 5) is 44.0. The van der Waals surface area contributed by atoms with Crippen LogP contribution in [0.5, 0.6) is 0 Å². The summed E-state index contributed by atoms with van der Waals surface area (Å²) in [6, 6.07) is 4.38. The summed E-state index contributed by atoms with van der Waals surface area (Å²) in [6.45, 7) is 5.06. The first-order valence-electron chi connectivity index (χ1n) is 7.49. The molecule has 3 N–H and O–H groups in total. The van der Waals surface area contributed by atoms with E-state index in [0.29, 0.717) is 16.4 Å². The van der Waals surface area contributed by atoms with Gasteiger partial charge in [0, 0.05) is 6.20 Å². The number of aromatic nitrogens is 2. The van der Waals surface area contributed by atoms with Crippen LogP contribution in [0.4, 0.5) is 4.79 Å². The molecular weight excluding hydrogens is 344 g/mol. The zero-order valence-corrected chi connectivity index (χ0v) is 14.8. The van der Waals surface area contributed by atoms with Gasteiger partial charge in [0.25, 0.3) is 5.91 Å². The Balaban J connectivity index is 2.21. The summed E-state index contributed by atoms with van der Waals surface area (Å²) >= 11 is 1.13. The molecule has 0 saturated heterocycles. The fraction of sp³-hybridized carbons (Fsp3) is 0.312. The Hall–Kier alpha value is -2.81. The summed E-state index contributed by atoms with van der Waals surface area (Å²) < 4.78 is 5.28. The van der Waals surface area contributed by atoms with Crippen LogP contribution in [-0.2, 0) is 9.53 Å². The van der Waals surface area contributed by atoms with Crippen LogP contribution in [-0.4, -0.2) is 34.0 Å². The van der Waals surface area contributed by atoms with E-state index < -0.39 is 24.0 Å². The van der Waals surface area contributed by atoms with Crippen LogP contribution in [0.15, 0.2) is 24.4 Å². The van der Waals surface area contributed by atoms with Gasteiger partial charge < -0.3 is 10.5 Å². The molecule has 0 aliphatic carbocycles. The van der Waals surface area contributed by atoms with Gasteiger partial charge in [0.2, 0.25) is 0 Å². The number of esters is 1. The highest BCUT2D eigenvalue weighted by Gasteiger charge is 2.29. The van der Waals surface area contributed by atoms with Crippen LogP contribution < -0.4 is 11.1 Å². The number of nitrogens with one attached hydrogen (secondary N) is 1. The standard InChI is InChI=1S/C16H18N4O4S/c1-8(2)11(13(21)20-16(17)23)24-15(22)12-9(3)19-14(25-12)10-6-4-5-7-18-10/h4-8,11H,1-3H3,(H3,17,20,21,23)/t11-/m1/s1. The normalized spacial score (nSPS) is 11.8. The number of hydrogen-bond acceptors (Lipinski definition) is 7. The average molecular weight is 362 g/mol. The van der Waals surface area contributed by atoms with Crippen LogP contribution in [0.25, 0.3) is 10.7 Å². The lowest BCUT2D eigenvalue weighted by atomic mass is 10.1. The molecule has 2 rings (SSSR count). The maximum atomic E-state index is 12.4. The second-order valence-corrected chi connectivity index (χ2v) is 6.57. The molecule has 8 nitrogen and oxygen atoms in total. The van der Waals surface area contributed by atoms with Crippen molar-refractivity contribution in [3.63, 3.8) is 0 Å². The van der Waals surface area contributed by atoms with Crippen molar-refractivity contribution >= 4 is 29.2 Å². The summed E-state index contributed by atoms with van der Waals surface area (Å²) in [5.74, 6) is -1.79. The molecule has 1 atom stereocenters. The summed E-state index contributed by atoms with van der Waals surface area (Å²) in [5, 5.41) is 2.50. The highest BCUT2D eigenvalue weighted by atomic mass is 32.1. The van der Waals surface area contributed by atoms with E-state index in [1.165, 1.54) is 0 Å². The van der Waals surface area contributed by atoms with Crippen molar-refractivity contribution in [2.24, 2.45) is 11.7 Å². The monoisotopic (exact) mass is 362 g/mol. The Kier molecular flexibility index (Phi) is 5.81. The number of amides is 3. The van der Waals surface area contributed by atoms with Crippen LogP contribution >= 0.6 is 11.3 Å². The highest BCUT2D eigenvalue weighted by Crippen LogP contribution is 2.27. The number of imide groups is 1. The Labute approximate surface area is 148 Å². The van der Waals surface area contributed by atoms with Gasteiger partial charge in [-0.2, -0.15) is 0 Å². The molecule has 2 aromatic rings. The molecule has 0 spiro atoms. The van der Waals surface area contributed by atoms with Gasteiger partial charge in [0.1, 0.15) is 9.88 Å². The van der Waals surface area contributed by atoms with Crippen LogP contribution in [0.1, 0.15) is 29.2 Å². The van der Waals surface area contributed by atoms with Crippen molar-refractivity contribution < 1.29 is 19.1 Å². The SMILES string of the molecule is Cc1nc(-c2ccccn2)sc1C(=O)O[C@@H](C(=O)NC(N)=O)C(C)C. The third-order valence-electron chi connectivity index (χ3n) is 3.21. The van der Waals surface area contributed by atoms with Crippen molar-refractivity contribution in [1.82, 2.24) is 15.3 Å². The third kappa shape index (κ3) is 4.60. The lowest BCUT2D eigenvalue weighted by Gasteiger charge is -2.19. The van der Waals surface area contributed by atoms with Gasteiger partial charge in [0.05, 0.1) is 11.4 Å². The van der Waals surface area contributed by atoms with Gasteiger partial charge in [-0.1, -0.05) is 19.9 Å². The molecule has 0 unspecified atom stereocenters. The molecule has 0 fully saturated rings. The first-order valence-corrected chi connectivity index (χ1v) is 8.31. The third-order valence-corrected chi connectivity index (χ3v) is 4.37. The number of rotatable bonds is 5. The second kappa shape index (κ2) is 7.84. The molecule has 2 heterocycles. The van der Waals surface area contributed by atoms with Gasteiger partial charge in [-0.3, -0.25) is 15.1 Å². The first-order chi connectivity index (χ1) is 11.8. The van der Waals surface area contributed by atoms with Crippen LogP contribution in [0.3, 0.4) is 0 Å². The summed E-state index contributed by atoms with van der Waals surface area (Å²) in [5.41, 5.74) is 6.06. The molecule has 132 valence electrons. The van der Waals surface area contributed by atoms with E-state index in [9.17, 15) is 14.4 Å². The molecule has 0 aromatic carbocycles. The van der Waals surface area contributed by atoms with Crippen molar-refractivity contribution in [1.29, 1.82) is 0 Å². The highest BCUT2D eigenvalue weighted by molar-refractivity contribution is 7.17. The van der Waals surface area contributed by atoms with Gasteiger partial charge in [-0.25, -0.2) is 14.6 Å². The smallest absolute Gasteiger partial charge is 0.351 e. The molecule has 2 aromatic heterocycles. The van der Waals surface area contributed by atoms with E-state index >= 15 is 0 Å². The topological polar surface area (TPSA) is 124 Å². The van der Waals surface area contributed by atoms with Gasteiger partial charge in [0.15, 0.2) is 6.10 Å². The minimum absolute atomic E-state index is 0.276. The van der Waals surface area contributed by atoms with Gasteiger partial charge in [-0.15, -0.1) is 11.3 Å². The van der Waals surface area contributed by atoms with Crippen LogP contribution in [0, 0.1) is 12.8 Å². The largest absolute Gasteiger partial charge is 0.448 e. The Bertz CT molecular complexity index is 789. The number of carbonyl (C=O) groups is 3. The van der Waals surface area contributed by atoms with Crippen molar-refractivity contribution in [3.05, 3.63) is 35.0 Å². The molecule has 3 amide bonds. The van der Waals surface area contributed by atoms with Gasteiger partial charge >= 0.3 is 12.0 Å². The van der Waals surface area contributed by atoms with E-state index in [-0.39, 0.29) is 10.8 Å². The molecule has 9 heteroatoms. The molecule has 0 saturated carbocycles. The number of carbonyl (C=O) groups excluding carboxylic acids is 3. The molecule has 0 bridgehead atoms. The zero-order chi connectivity index (χ0) is 18.6. The van der Waals surface area contributed by atoms with E-state index in [1.807, 2.05) is 11.4 Å².